The molecule has 0 bridgehead atoms. The minimum absolute atomic E-state index is 0.0662. The Morgan fingerprint density at radius 1 is 1.14 bits per heavy atom. The number of hydrogen-bond acceptors (Lipinski definition) is 6. The van der Waals surface area contributed by atoms with E-state index in [2.05, 4.69) is 4.98 Å². The van der Waals surface area contributed by atoms with E-state index >= 15 is 4.39 Å². The van der Waals surface area contributed by atoms with Crippen LogP contribution < -0.4 is 9.64 Å². The fourth-order valence-electron chi connectivity index (χ4n) is 4.04. The average molecular weight is 509 g/mol. The molecular weight excluding hydrogens is 491 g/mol. The van der Waals surface area contributed by atoms with Crippen molar-refractivity contribution in [2.24, 2.45) is 0 Å². The molecule has 9 heteroatoms. The van der Waals surface area contributed by atoms with E-state index in [0.29, 0.717) is 22.9 Å². The molecule has 1 atom stereocenters. The van der Waals surface area contributed by atoms with Crippen LogP contribution in [-0.2, 0) is 9.59 Å². The molecule has 0 spiro atoms. The van der Waals surface area contributed by atoms with E-state index in [-0.39, 0.29) is 21.8 Å². The lowest BCUT2D eigenvalue weighted by molar-refractivity contribution is -0.132. The number of halogens is 2. The highest BCUT2D eigenvalue weighted by Crippen LogP contribution is 2.45. The van der Waals surface area contributed by atoms with E-state index in [9.17, 15) is 14.7 Å². The first kappa shape index (κ1) is 23.0. The van der Waals surface area contributed by atoms with Gasteiger partial charge in [-0.2, -0.15) is 0 Å². The molecular formula is C26H18ClFN2O4S. The van der Waals surface area contributed by atoms with Crippen LogP contribution in [0.15, 0.2) is 72.3 Å². The van der Waals surface area contributed by atoms with Crippen molar-refractivity contribution >= 4 is 55.7 Å². The number of thiazole rings is 1. The summed E-state index contributed by atoms with van der Waals surface area (Å²) in [5, 5.41) is 11.7. The van der Waals surface area contributed by atoms with Gasteiger partial charge in [-0.15, -0.1) is 0 Å². The molecule has 0 aliphatic carbocycles. The first-order valence-corrected chi connectivity index (χ1v) is 11.9. The van der Waals surface area contributed by atoms with Gasteiger partial charge in [0, 0.05) is 16.1 Å². The third-order valence-corrected chi connectivity index (χ3v) is 6.90. The summed E-state index contributed by atoms with van der Waals surface area (Å²) in [7, 11) is 0. The molecule has 0 radical (unpaired) electrons. The lowest BCUT2D eigenvalue weighted by atomic mass is 9.95. The Morgan fingerprint density at radius 2 is 1.89 bits per heavy atom. The van der Waals surface area contributed by atoms with Crippen LogP contribution in [0.5, 0.6) is 5.75 Å². The number of rotatable bonds is 5. The molecule has 1 fully saturated rings. The lowest BCUT2D eigenvalue weighted by Crippen LogP contribution is -2.29. The number of ketones is 1. The number of aromatic nitrogens is 1. The van der Waals surface area contributed by atoms with E-state index in [1.807, 2.05) is 6.92 Å². The third kappa shape index (κ3) is 4.05. The summed E-state index contributed by atoms with van der Waals surface area (Å²) in [6.45, 7) is 2.36. The van der Waals surface area contributed by atoms with Gasteiger partial charge in [0.1, 0.15) is 23.4 Å². The summed E-state index contributed by atoms with van der Waals surface area (Å²) >= 11 is 7.13. The monoisotopic (exact) mass is 508 g/mol. The summed E-state index contributed by atoms with van der Waals surface area (Å²) < 4.78 is 21.3. The van der Waals surface area contributed by atoms with Crippen LogP contribution in [0, 0.1) is 5.82 Å². The molecule has 6 nitrogen and oxygen atoms in total. The highest BCUT2D eigenvalue weighted by atomic mass is 35.5. The highest BCUT2D eigenvalue weighted by Gasteiger charge is 2.49. The largest absolute Gasteiger partial charge is 0.507 e. The summed E-state index contributed by atoms with van der Waals surface area (Å²) in [5.74, 6) is -2.23. The van der Waals surface area contributed by atoms with Gasteiger partial charge < -0.3 is 9.84 Å². The number of aliphatic hydroxyl groups is 1. The van der Waals surface area contributed by atoms with Crippen molar-refractivity contribution in [1.82, 2.24) is 4.98 Å². The lowest BCUT2D eigenvalue weighted by Gasteiger charge is -2.23. The van der Waals surface area contributed by atoms with E-state index in [4.69, 9.17) is 16.3 Å². The van der Waals surface area contributed by atoms with Crippen LogP contribution in [0.2, 0.25) is 5.02 Å². The number of ether oxygens (including phenoxy) is 1. The van der Waals surface area contributed by atoms with E-state index in [1.165, 1.54) is 41.7 Å². The van der Waals surface area contributed by atoms with Crippen LogP contribution in [0.4, 0.5) is 9.52 Å². The van der Waals surface area contributed by atoms with Gasteiger partial charge >= 0.3 is 5.91 Å². The van der Waals surface area contributed by atoms with Crippen molar-refractivity contribution in [3.05, 3.63) is 94.3 Å². The Kier molecular flexibility index (Phi) is 6.00. The zero-order valence-electron chi connectivity index (χ0n) is 18.4. The minimum Gasteiger partial charge on any atom is -0.507 e. The maximum atomic E-state index is 15.0. The van der Waals surface area contributed by atoms with Crippen LogP contribution in [0.25, 0.3) is 16.0 Å². The zero-order valence-corrected chi connectivity index (χ0v) is 19.9. The zero-order chi connectivity index (χ0) is 24.7. The summed E-state index contributed by atoms with van der Waals surface area (Å²) in [6, 6.07) is 16.1. The van der Waals surface area contributed by atoms with Gasteiger partial charge in [0.2, 0.25) is 0 Å². The van der Waals surface area contributed by atoms with Crippen molar-refractivity contribution in [1.29, 1.82) is 0 Å². The number of hydrogen-bond donors (Lipinski definition) is 1. The maximum Gasteiger partial charge on any atom is 0.301 e. The molecule has 0 saturated carbocycles. The predicted molar refractivity (Wildman–Crippen MR) is 133 cm³/mol. The van der Waals surface area contributed by atoms with Gasteiger partial charge in [0.25, 0.3) is 5.78 Å². The summed E-state index contributed by atoms with van der Waals surface area (Å²) in [6.07, 6.45) is 0. The Labute approximate surface area is 208 Å². The van der Waals surface area contributed by atoms with Gasteiger partial charge in [-0.25, -0.2) is 9.37 Å². The van der Waals surface area contributed by atoms with E-state index in [1.54, 1.807) is 36.4 Å². The average Bonchev–Trinajstić information content (AvgIpc) is 3.37. The SMILES string of the molecule is CCOc1ccc2nc(N3C(=O)C(=O)/C(=C(/O)c4ccc(Cl)cc4)C3c3ccccc3F)sc2c1. The fourth-order valence-corrected chi connectivity index (χ4v) is 5.18. The van der Waals surface area contributed by atoms with Crippen LogP contribution in [0.3, 0.4) is 0 Å². The number of fused-ring (bicyclic) bond motifs is 1. The smallest absolute Gasteiger partial charge is 0.301 e. The quantitative estimate of drug-likeness (QED) is 0.200. The number of carbonyl (C=O) groups excluding carboxylic acids is 2. The van der Waals surface area contributed by atoms with Gasteiger partial charge in [-0.05, 0) is 55.5 Å². The van der Waals surface area contributed by atoms with Gasteiger partial charge in [0.05, 0.1) is 22.4 Å². The Morgan fingerprint density at radius 3 is 2.60 bits per heavy atom. The highest BCUT2D eigenvalue weighted by molar-refractivity contribution is 7.22. The molecule has 1 saturated heterocycles. The number of amides is 1. The molecule has 1 unspecified atom stereocenters. The second kappa shape index (κ2) is 9.13. The Hall–Kier alpha value is -3.75. The molecule has 2 heterocycles. The van der Waals surface area contributed by atoms with Gasteiger partial charge in [0.15, 0.2) is 5.13 Å². The number of Topliss-reactive ketones (excluding diaryl/α,β-unsaturated/α-hetero) is 1. The molecule has 35 heavy (non-hydrogen) atoms. The van der Waals surface area contributed by atoms with Crippen molar-refractivity contribution in [2.45, 2.75) is 13.0 Å². The Balaban J connectivity index is 1.71. The fraction of sp³-hybridized carbons (Fsp3) is 0.115. The Bertz CT molecular complexity index is 1500. The molecule has 176 valence electrons. The van der Waals surface area contributed by atoms with Crippen molar-refractivity contribution in [3.63, 3.8) is 0 Å². The van der Waals surface area contributed by atoms with E-state index in [0.717, 1.165) is 9.60 Å². The normalized spacial score (nSPS) is 17.3. The third-order valence-electron chi connectivity index (χ3n) is 5.63. The molecule has 1 aliphatic rings. The van der Waals surface area contributed by atoms with E-state index < -0.39 is 29.3 Å². The number of carbonyl (C=O) groups is 2. The predicted octanol–water partition coefficient (Wildman–Crippen LogP) is 6.11. The molecule has 3 aromatic carbocycles. The second-order valence-electron chi connectivity index (χ2n) is 7.76. The van der Waals surface area contributed by atoms with Gasteiger partial charge in [-0.3, -0.25) is 14.5 Å². The molecule has 4 aromatic rings. The molecule has 5 rings (SSSR count). The first-order chi connectivity index (χ1) is 16.9. The van der Waals surface area contributed by atoms with Crippen LogP contribution in [0.1, 0.15) is 24.1 Å². The number of nitrogens with zero attached hydrogens (tertiary/aromatic N) is 2. The first-order valence-electron chi connectivity index (χ1n) is 10.7. The van der Waals surface area contributed by atoms with Gasteiger partial charge in [-0.1, -0.05) is 41.1 Å². The number of anilines is 1. The van der Waals surface area contributed by atoms with Crippen LogP contribution in [-0.4, -0.2) is 28.4 Å². The van der Waals surface area contributed by atoms with Crippen molar-refractivity contribution in [3.8, 4) is 5.75 Å². The molecule has 1 amide bonds. The second-order valence-corrected chi connectivity index (χ2v) is 9.20. The summed E-state index contributed by atoms with van der Waals surface area (Å²) in [4.78, 5) is 32.2. The minimum atomic E-state index is -1.21. The van der Waals surface area contributed by atoms with Crippen molar-refractivity contribution in [2.75, 3.05) is 11.5 Å². The van der Waals surface area contributed by atoms with Crippen molar-refractivity contribution < 1.29 is 23.8 Å². The number of benzene rings is 3. The number of aliphatic hydroxyl groups excluding tert-OH is 1. The van der Waals surface area contributed by atoms with Crippen LogP contribution >= 0.6 is 22.9 Å². The molecule has 1 N–H and O–H groups in total. The summed E-state index contributed by atoms with van der Waals surface area (Å²) in [5.41, 5.74) is 0.716. The molecule has 1 aromatic heterocycles. The maximum absolute atomic E-state index is 15.0. The topological polar surface area (TPSA) is 79.7 Å². The molecule has 1 aliphatic heterocycles. The standard InChI is InChI=1S/C26H18ClFN2O4S/c1-2-34-16-11-12-19-20(13-16)35-26(29-19)30-22(17-5-3-4-6-18(17)28)21(24(32)25(30)33)23(31)14-7-9-15(27)10-8-14/h3-13,22,31H,2H2,1H3/b23-21+.